The van der Waals surface area contributed by atoms with Gasteiger partial charge < -0.3 is 0 Å². The first-order valence-electron chi connectivity index (χ1n) is 6.74. The van der Waals surface area contributed by atoms with Crippen LogP contribution < -0.4 is 0 Å². The third-order valence-electron chi connectivity index (χ3n) is 3.94. The van der Waals surface area contributed by atoms with Crippen LogP contribution in [0.1, 0.15) is 30.9 Å². The molecule has 3 rings (SSSR count). The molecule has 2 nitrogen and oxygen atoms in total. The van der Waals surface area contributed by atoms with Gasteiger partial charge >= 0.3 is 0 Å². The van der Waals surface area contributed by atoms with Gasteiger partial charge in [-0.05, 0) is 36.5 Å². The van der Waals surface area contributed by atoms with E-state index in [9.17, 15) is 5.26 Å². The van der Waals surface area contributed by atoms with E-state index in [0.717, 1.165) is 36.1 Å². The zero-order valence-corrected chi connectivity index (χ0v) is 11.1. The molecular weight excluding hydrogens is 232 g/mol. The van der Waals surface area contributed by atoms with E-state index in [4.69, 9.17) is 0 Å². The van der Waals surface area contributed by atoms with Gasteiger partial charge in [-0.15, -0.1) is 0 Å². The number of rotatable bonds is 3. The Morgan fingerprint density at radius 2 is 1.89 bits per heavy atom. The van der Waals surface area contributed by atoms with Crippen LogP contribution in [0.25, 0.3) is 11.3 Å². The van der Waals surface area contributed by atoms with Gasteiger partial charge in [0.25, 0.3) is 0 Å². The highest BCUT2D eigenvalue weighted by atomic mass is 14.7. The number of benzene rings is 1. The number of pyridine rings is 1. The molecule has 0 unspecified atom stereocenters. The van der Waals surface area contributed by atoms with Crippen molar-refractivity contribution in [1.29, 1.82) is 5.26 Å². The molecule has 1 aromatic heterocycles. The Morgan fingerprint density at radius 1 is 1.16 bits per heavy atom. The third-order valence-corrected chi connectivity index (χ3v) is 3.94. The van der Waals surface area contributed by atoms with Crippen LogP contribution in [-0.4, -0.2) is 4.98 Å². The fourth-order valence-electron chi connectivity index (χ4n) is 2.35. The summed E-state index contributed by atoms with van der Waals surface area (Å²) in [5.74, 6) is 0. The SMILES string of the molecule is CCc1ccc(-c2ccc(C3(C#N)CC3)cn2)cc1. The summed E-state index contributed by atoms with van der Waals surface area (Å²) in [6, 6.07) is 15.0. The largest absolute Gasteiger partial charge is 0.256 e. The Morgan fingerprint density at radius 3 is 2.37 bits per heavy atom. The molecule has 0 spiro atoms. The predicted octanol–water partition coefficient (Wildman–Crippen LogP) is 3.87. The van der Waals surface area contributed by atoms with Crippen molar-refractivity contribution >= 4 is 0 Å². The van der Waals surface area contributed by atoms with E-state index in [-0.39, 0.29) is 5.41 Å². The molecule has 1 fully saturated rings. The monoisotopic (exact) mass is 248 g/mol. The van der Waals surface area contributed by atoms with Gasteiger partial charge in [-0.1, -0.05) is 37.3 Å². The average Bonchev–Trinajstić information content (AvgIpc) is 3.29. The van der Waals surface area contributed by atoms with Crippen molar-refractivity contribution in [3.63, 3.8) is 0 Å². The van der Waals surface area contributed by atoms with Gasteiger partial charge in [-0.2, -0.15) is 5.26 Å². The smallest absolute Gasteiger partial charge is 0.0838 e. The standard InChI is InChI=1S/C17H16N2/c1-2-13-3-5-14(6-4-13)16-8-7-15(11-19-16)17(12-18)9-10-17/h3-8,11H,2,9-10H2,1H3. The maximum Gasteiger partial charge on any atom is 0.0838 e. The number of hydrogen-bond donors (Lipinski definition) is 0. The van der Waals surface area contributed by atoms with Crippen molar-refractivity contribution in [1.82, 2.24) is 4.98 Å². The second-order valence-electron chi connectivity index (χ2n) is 5.18. The molecule has 1 aliphatic carbocycles. The van der Waals surface area contributed by atoms with Gasteiger partial charge in [0, 0.05) is 11.8 Å². The highest BCUT2D eigenvalue weighted by molar-refractivity contribution is 5.60. The molecule has 0 N–H and O–H groups in total. The van der Waals surface area contributed by atoms with Gasteiger partial charge in [0.15, 0.2) is 0 Å². The average molecular weight is 248 g/mol. The Balaban J connectivity index is 1.88. The Labute approximate surface area is 113 Å². The highest BCUT2D eigenvalue weighted by Gasteiger charge is 2.45. The summed E-state index contributed by atoms with van der Waals surface area (Å²) in [4.78, 5) is 4.51. The Kier molecular flexibility index (Phi) is 2.83. The molecule has 0 aliphatic heterocycles. The summed E-state index contributed by atoms with van der Waals surface area (Å²) in [5.41, 5.74) is 4.26. The van der Waals surface area contributed by atoms with Crippen molar-refractivity contribution in [2.75, 3.05) is 0 Å². The zero-order chi connectivity index (χ0) is 13.3. The van der Waals surface area contributed by atoms with E-state index in [1.807, 2.05) is 18.3 Å². The van der Waals surface area contributed by atoms with Gasteiger partial charge in [0.1, 0.15) is 0 Å². The molecule has 1 aliphatic rings. The topological polar surface area (TPSA) is 36.7 Å². The highest BCUT2D eigenvalue weighted by Crippen LogP contribution is 2.47. The maximum absolute atomic E-state index is 9.18. The molecule has 1 heterocycles. The second kappa shape index (κ2) is 4.51. The lowest BCUT2D eigenvalue weighted by Gasteiger charge is -2.07. The van der Waals surface area contributed by atoms with Crippen molar-refractivity contribution in [2.45, 2.75) is 31.6 Å². The number of nitriles is 1. The third kappa shape index (κ3) is 2.13. The van der Waals surface area contributed by atoms with Gasteiger partial charge in [0.2, 0.25) is 0 Å². The number of aryl methyl sites for hydroxylation is 1. The molecule has 2 aromatic rings. The van der Waals surface area contributed by atoms with Crippen molar-refractivity contribution in [3.8, 4) is 17.3 Å². The van der Waals surface area contributed by atoms with E-state index in [2.05, 4.69) is 42.2 Å². The molecule has 0 radical (unpaired) electrons. The summed E-state index contributed by atoms with van der Waals surface area (Å²) < 4.78 is 0. The molecular formula is C17H16N2. The fraction of sp³-hybridized carbons (Fsp3) is 0.294. The van der Waals surface area contributed by atoms with Crippen LogP contribution in [0.3, 0.4) is 0 Å². The van der Waals surface area contributed by atoms with Crippen LogP contribution in [0.15, 0.2) is 42.6 Å². The first-order chi connectivity index (χ1) is 9.27. The first kappa shape index (κ1) is 11.9. The molecule has 0 saturated heterocycles. The lowest BCUT2D eigenvalue weighted by molar-refractivity contribution is 0.898. The van der Waals surface area contributed by atoms with E-state index < -0.39 is 0 Å². The van der Waals surface area contributed by atoms with Crippen molar-refractivity contribution in [2.24, 2.45) is 0 Å². The minimum Gasteiger partial charge on any atom is -0.256 e. The van der Waals surface area contributed by atoms with Crippen LogP contribution in [0, 0.1) is 11.3 Å². The van der Waals surface area contributed by atoms with E-state index >= 15 is 0 Å². The first-order valence-corrected chi connectivity index (χ1v) is 6.74. The summed E-state index contributed by atoms with van der Waals surface area (Å²) in [5, 5.41) is 9.18. The number of aromatic nitrogens is 1. The normalized spacial score (nSPS) is 15.8. The Hall–Kier alpha value is -2.14. The van der Waals surface area contributed by atoms with Crippen LogP contribution in [0.5, 0.6) is 0 Å². The molecule has 0 bridgehead atoms. The molecule has 0 atom stereocenters. The molecule has 0 amide bonds. The molecule has 94 valence electrons. The minimum absolute atomic E-state index is 0.238. The predicted molar refractivity (Wildman–Crippen MR) is 75.6 cm³/mol. The van der Waals surface area contributed by atoms with E-state index in [1.165, 1.54) is 5.56 Å². The van der Waals surface area contributed by atoms with E-state index in [0.29, 0.717) is 0 Å². The molecule has 1 saturated carbocycles. The van der Waals surface area contributed by atoms with Gasteiger partial charge in [-0.25, -0.2) is 0 Å². The minimum atomic E-state index is -0.238. The van der Waals surface area contributed by atoms with Crippen molar-refractivity contribution < 1.29 is 0 Å². The quantitative estimate of drug-likeness (QED) is 0.826. The van der Waals surface area contributed by atoms with Crippen LogP contribution >= 0.6 is 0 Å². The second-order valence-corrected chi connectivity index (χ2v) is 5.18. The number of hydrogen-bond acceptors (Lipinski definition) is 2. The number of nitrogens with zero attached hydrogens (tertiary/aromatic N) is 2. The summed E-state index contributed by atoms with van der Waals surface area (Å²) in [6.07, 6.45) is 4.85. The van der Waals surface area contributed by atoms with Crippen LogP contribution in [0.4, 0.5) is 0 Å². The van der Waals surface area contributed by atoms with Crippen LogP contribution in [-0.2, 0) is 11.8 Å². The van der Waals surface area contributed by atoms with E-state index in [1.54, 1.807) is 0 Å². The molecule has 2 heteroatoms. The maximum atomic E-state index is 9.18. The Bertz CT molecular complexity index is 614. The van der Waals surface area contributed by atoms with Crippen molar-refractivity contribution in [3.05, 3.63) is 53.7 Å². The summed E-state index contributed by atoms with van der Waals surface area (Å²) in [7, 11) is 0. The van der Waals surface area contributed by atoms with Gasteiger partial charge in [0.05, 0.1) is 17.2 Å². The fourth-order valence-corrected chi connectivity index (χ4v) is 2.35. The van der Waals surface area contributed by atoms with Gasteiger partial charge in [-0.3, -0.25) is 4.98 Å². The molecule has 1 aromatic carbocycles. The van der Waals surface area contributed by atoms with Crippen LogP contribution in [0.2, 0.25) is 0 Å². The zero-order valence-electron chi connectivity index (χ0n) is 11.1. The lowest BCUT2D eigenvalue weighted by Crippen LogP contribution is -2.02. The summed E-state index contributed by atoms with van der Waals surface area (Å²) >= 11 is 0. The summed E-state index contributed by atoms with van der Waals surface area (Å²) in [6.45, 7) is 2.15. The molecule has 19 heavy (non-hydrogen) atoms. The lowest BCUT2D eigenvalue weighted by atomic mass is 9.99.